The normalized spacial score (nSPS) is 12.4. The molecule has 2 aromatic rings. The maximum absolute atomic E-state index is 10.3. The minimum absolute atomic E-state index is 0.468. The Morgan fingerprint density at radius 1 is 0.900 bits per heavy atom. The van der Waals surface area contributed by atoms with Crippen LogP contribution in [0.15, 0.2) is 48.5 Å². The van der Waals surface area contributed by atoms with Gasteiger partial charge in [0.1, 0.15) is 5.75 Å². The second kappa shape index (κ2) is 6.58. The SMILES string of the molecule is COc1ccc(CC(O)c2ccc(C(C)C)cc2)cc1. The molecular formula is C18H22O2. The van der Waals surface area contributed by atoms with Gasteiger partial charge in [-0.3, -0.25) is 0 Å². The van der Waals surface area contributed by atoms with E-state index >= 15 is 0 Å². The fraction of sp³-hybridized carbons (Fsp3) is 0.333. The minimum Gasteiger partial charge on any atom is -0.497 e. The van der Waals surface area contributed by atoms with Crippen molar-refractivity contribution in [3.8, 4) is 5.75 Å². The van der Waals surface area contributed by atoms with E-state index in [1.54, 1.807) is 7.11 Å². The van der Waals surface area contributed by atoms with Crippen LogP contribution in [0.1, 0.15) is 42.6 Å². The van der Waals surface area contributed by atoms with Gasteiger partial charge in [-0.1, -0.05) is 50.2 Å². The Labute approximate surface area is 121 Å². The van der Waals surface area contributed by atoms with Gasteiger partial charge >= 0.3 is 0 Å². The Morgan fingerprint density at radius 3 is 1.95 bits per heavy atom. The lowest BCUT2D eigenvalue weighted by Gasteiger charge is -2.13. The first-order chi connectivity index (χ1) is 9.60. The van der Waals surface area contributed by atoms with Crippen LogP contribution in [-0.2, 0) is 6.42 Å². The van der Waals surface area contributed by atoms with Gasteiger partial charge in [0.2, 0.25) is 0 Å². The number of hydrogen-bond acceptors (Lipinski definition) is 2. The molecule has 1 atom stereocenters. The van der Waals surface area contributed by atoms with Crippen LogP contribution in [0, 0.1) is 0 Å². The molecule has 0 saturated heterocycles. The fourth-order valence-corrected chi connectivity index (χ4v) is 2.21. The third kappa shape index (κ3) is 3.61. The molecule has 0 bridgehead atoms. The fourth-order valence-electron chi connectivity index (χ4n) is 2.21. The molecule has 2 rings (SSSR count). The van der Waals surface area contributed by atoms with Crippen molar-refractivity contribution in [1.82, 2.24) is 0 Å². The predicted octanol–water partition coefficient (Wildman–Crippen LogP) is 4.09. The summed E-state index contributed by atoms with van der Waals surface area (Å²) in [6.45, 7) is 4.34. The number of methoxy groups -OCH3 is 1. The highest BCUT2D eigenvalue weighted by Gasteiger charge is 2.09. The van der Waals surface area contributed by atoms with E-state index in [4.69, 9.17) is 4.74 Å². The maximum Gasteiger partial charge on any atom is 0.118 e. The van der Waals surface area contributed by atoms with Gasteiger partial charge in [0, 0.05) is 6.42 Å². The van der Waals surface area contributed by atoms with E-state index in [0.29, 0.717) is 12.3 Å². The van der Waals surface area contributed by atoms with Gasteiger partial charge in [0.05, 0.1) is 13.2 Å². The third-order valence-corrected chi connectivity index (χ3v) is 3.58. The highest BCUT2D eigenvalue weighted by atomic mass is 16.5. The lowest BCUT2D eigenvalue weighted by Crippen LogP contribution is -2.02. The molecule has 0 amide bonds. The molecule has 0 heterocycles. The van der Waals surface area contributed by atoms with Crippen molar-refractivity contribution < 1.29 is 9.84 Å². The molecule has 2 heteroatoms. The first-order valence-corrected chi connectivity index (χ1v) is 7.01. The summed E-state index contributed by atoms with van der Waals surface area (Å²) in [7, 11) is 1.65. The molecule has 0 aliphatic heterocycles. The summed E-state index contributed by atoms with van der Waals surface area (Å²) in [6, 6.07) is 16.0. The standard InChI is InChI=1S/C18H22O2/c1-13(2)15-6-8-16(9-7-15)18(19)12-14-4-10-17(20-3)11-5-14/h4-11,13,18-19H,12H2,1-3H3. The van der Waals surface area contributed by atoms with E-state index < -0.39 is 6.10 Å². The van der Waals surface area contributed by atoms with Gasteiger partial charge in [0.15, 0.2) is 0 Å². The zero-order chi connectivity index (χ0) is 14.5. The van der Waals surface area contributed by atoms with Gasteiger partial charge < -0.3 is 9.84 Å². The molecule has 20 heavy (non-hydrogen) atoms. The van der Waals surface area contributed by atoms with E-state index in [-0.39, 0.29) is 0 Å². The summed E-state index contributed by atoms with van der Waals surface area (Å²) in [5.74, 6) is 1.35. The Bertz CT molecular complexity index is 526. The molecule has 0 aliphatic rings. The van der Waals surface area contributed by atoms with E-state index in [0.717, 1.165) is 16.9 Å². The summed E-state index contributed by atoms with van der Waals surface area (Å²) in [5, 5.41) is 10.3. The quantitative estimate of drug-likeness (QED) is 0.886. The average molecular weight is 270 g/mol. The van der Waals surface area contributed by atoms with Crippen LogP contribution in [0.2, 0.25) is 0 Å². The van der Waals surface area contributed by atoms with Crippen LogP contribution in [0.5, 0.6) is 5.75 Å². The van der Waals surface area contributed by atoms with Crippen LogP contribution < -0.4 is 4.74 Å². The molecule has 106 valence electrons. The molecule has 0 radical (unpaired) electrons. The Kier molecular flexibility index (Phi) is 4.80. The molecule has 0 aliphatic carbocycles. The molecular weight excluding hydrogens is 248 g/mol. The molecule has 0 fully saturated rings. The number of aliphatic hydroxyl groups excluding tert-OH is 1. The van der Waals surface area contributed by atoms with Crippen LogP contribution in [0.25, 0.3) is 0 Å². The van der Waals surface area contributed by atoms with Crippen molar-refractivity contribution in [3.63, 3.8) is 0 Å². The average Bonchev–Trinajstić information content (AvgIpc) is 2.48. The molecule has 1 N–H and O–H groups in total. The maximum atomic E-state index is 10.3. The van der Waals surface area contributed by atoms with E-state index in [2.05, 4.69) is 26.0 Å². The van der Waals surface area contributed by atoms with E-state index in [9.17, 15) is 5.11 Å². The van der Waals surface area contributed by atoms with Gasteiger partial charge in [-0.25, -0.2) is 0 Å². The number of benzene rings is 2. The largest absolute Gasteiger partial charge is 0.497 e. The van der Waals surface area contributed by atoms with Gasteiger partial charge in [-0.05, 0) is 34.7 Å². The van der Waals surface area contributed by atoms with E-state index in [1.165, 1.54) is 5.56 Å². The smallest absolute Gasteiger partial charge is 0.118 e. The summed E-state index contributed by atoms with van der Waals surface area (Å²) >= 11 is 0. The lowest BCUT2D eigenvalue weighted by molar-refractivity contribution is 0.178. The molecule has 1 unspecified atom stereocenters. The number of hydrogen-bond donors (Lipinski definition) is 1. The predicted molar refractivity (Wildman–Crippen MR) is 82.2 cm³/mol. The van der Waals surface area contributed by atoms with Gasteiger partial charge in [-0.2, -0.15) is 0 Å². The molecule has 0 aromatic heterocycles. The van der Waals surface area contributed by atoms with Crippen LogP contribution in [-0.4, -0.2) is 12.2 Å². The Hall–Kier alpha value is -1.80. The van der Waals surface area contributed by atoms with Crippen molar-refractivity contribution in [2.75, 3.05) is 7.11 Å². The molecule has 0 saturated carbocycles. The second-order valence-electron chi connectivity index (χ2n) is 5.39. The Morgan fingerprint density at radius 2 is 1.45 bits per heavy atom. The van der Waals surface area contributed by atoms with E-state index in [1.807, 2.05) is 36.4 Å². The highest BCUT2D eigenvalue weighted by Crippen LogP contribution is 2.22. The van der Waals surface area contributed by atoms with Crippen molar-refractivity contribution >= 4 is 0 Å². The third-order valence-electron chi connectivity index (χ3n) is 3.58. The van der Waals surface area contributed by atoms with Crippen molar-refractivity contribution in [2.45, 2.75) is 32.3 Å². The summed E-state index contributed by atoms with van der Waals surface area (Å²) < 4.78 is 5.13. The molecule has 2 aromatic carbocycles. The highest BCUT2D eigenvalue weighted by molar-refractivity contribution is 5.30. The van der Waals surface area contributed by atoms with Crippen molar-refractivity contribution in [2.24, 2.45) is 0 Å². The van der Waals surface area contributed by atoms with Crippen LogP contribution in [0.3, 0.4) is 0 Å². The van der Waals surface area contributed by atoms with Crippen LogP contribution in [0.4, 0.5) is 0 Å². The van der Waals surface area contributed by atoms with Crippen molar-refractivity contribution in [3.05, 3.63) is 65.2 Å². The molecule has 2 nitrogen and oxygen atoms in total. The lowest BCUT2D eigenvalue weighted by atomic mass is 9.97. The first-order valence-electron chi connectivity index (χ1n) is 7.01. The number of aliphatic hydroxyl groups is 1. The van der Waals surface area contributed by atoms with Crippen molar-refractivity contribution in [1.29, 1.82) is 0 Å². The Balaban J connectivity index is 2.04. The summed E-state index contributed by atoms with van der Waals surface area (Å²) in [6.07, 6.45) is 0.148. The number of rotatable bonds is 5. The van der Waals surface area contributed by atoms with Gasteiger partial charge in [0.25, 0.3) is 0 Å². The molecule has 0 spiro atoms. The zero-order valence-electron chi connectivity index (χ0n) is 12.3. The summed E-state index contributed by atoms with van der Waals surface area (Å²) in [5.41, 5.74) is 3.36. The minimum atomic E-state index is -0.468. The second-order valence-corrected chi connectivity index (χ2v) is 5.39. The summed E-state index contributed by atoms with van der Waals surface area (Å²) in [4.78, 5) is 0. The first kappa shape index (κ1) is 14.6. The van der Waals surface area contributed by atoms with Crippen LogP contribution >= 0.6 is 0 Å². The van der Waals surface area contributed by atoms with Gasteiger partial charge in [-0.15, -0.1) is 0 Å². The monoisotopic (exact) mass is 270 g/mol. The number of ether oxygens (including phenoxy) is 1. The topological polar surface area (TPSA) is 29.5 Å². The zero-order valence-corrected chi connectivity index (χ0v) is 12.3.